The van der Waals surface area contributed by atoms with Crippen LogP contribution in [0.1, 0.15) is 0 Å². The average molecular weight is 342 g/mol. The van der Waals surface area contributed by atoms with Crippen molar-refractivity contribution in [1.82, 2.24) is 0 Å². The predicted molar refractivity (Wildman–Crippen MR) is 68.6 cm³/mol. The number of aliphatic hydroxyl groups is 8. The summed E-state index contributed by atoms with van der Waals surface area (Å²) < 4.78 is 15.2. The van der Waals surface area contributed by atoms with E-state index in [2.05, 4.69) is 0 Å². The Balaban J connectivity index is 1.95. The van der Waals surface area contributed by atoms with Gasteiger partial charge in [-0.2, -0.15) is 0 Å². The summed E-state index contributed by atoms with van der Waals surface area (Å²) in [5.41, 5.74) is 0. The first-order valence-corrected chi connectivity index (χ1v) is 7.04. The van der Waals surface area contributed by atoms with E-state index in [0.29, 0.717) is 0 Å². The fraction of sp³-hybridized carbons (Fsp3) is 1.00. The molecule has 0 aromatic heterocycles. The molecular formula is C12H22O11. The summed E-state index contributed by atoms with van der Waals surface area (Å²) in [5, 5.41) is 76.1. The number of rotatable bonds is 5. The van der Waals surface area contributed by atoms with Crippen LogP contribution in [-0.2, 0) is 14.2 Å². The van der Waals surface area contributed by atoms with Crippen molar-refractivity contribution in [1.29, 1.82) is 0 Å². The zero-order valence-corrected chi connectivity index (χ0v) is 12.0. The number of ether oxygens (including phenoxy) is 3. The van der Waals surface area contributed by atoms with Crippen molar-refractivity contribution in [3.63, 3.8) is 0 Å². The van der Waals surface area contributed by atoms with Gasteiger partial charge in [-0.05, 0) is 0 Å². The highest BCUT2D eigenvalue weighted by Crippen LogP contribution is 2.30. The molecule has 2 rings (SSSR count). The third-order valence-corrected chi connectivity index (χ3v) is 4.02. The van der Waals surface area contributed by atoms with Crippen LogP contribution in [0.5, 0.6) is 0 Å². The molecule has 2 heterocycles. The molecule has 0 amide bonds. The Kier molecular flexibility index (Phi) is 5.92. The number of aliphatic hydroxyl groups excluding tert-OH is 7. The Morgan fingerprint density at radius 1 is 0.870 bits per heavy atom. The van der Waals surface area contributed by atoms with Crippen LogP contribution in [0.25, 0.3) is 0 Å². The third-order valence-electron chi connectivity index (χ3n) is 4.02. The molecule has 0 saturated carbocycles. The van der Waals surface area contributed by atoms with E-state index >= 15 is 0 Å². The van der Waals surface area contributed by atoms with Crippen LogP contribution < -0.4 is 0 Å². The third kappa shape index (κ3) is 3.50. The molecule has 0 radical (unpaired) electrons. The first-order chi connectivity index (χ1) is 10.7. The molecule has 11 heteroatoms. The van der Waals surface area contributed by atoms with Crippen molar-refractivity contribution in [2.45, 2.75) is 54.8 Å². The van der Waals surface area contributed by atoms with E-state index in [1.54, 1.807) is 0 Å². The highest BCUT2D eigenvalue weighted by atomic mass is 16.7. The molecule has 2 fully saturated rings. The molecule has 2 saturated heterocycles. The summed E-state index contributed by atoms with van der Waals surface area (Å²) >= 11 is 0. The molecule has 136 valence electrons. The average Bonchev–Trinajstić information content (AvgIpc) is 2.77. The highest BCUT2D eigenvalue weighted by Gasteiger charge is 2.53. The molecule has 9 unspecified atom stereocenters. The lowest BCUT2D eigenvalue weighted by Crippen LogP contribution is -2.59. The second-order valence-corrected chi connectivity index (χ2v) is 5.63. The van der Waals surface area contributed by atoms with Crippen molar-refractivity contribution in [3.05, 3.63) is 0 Å². The Labute approximate surface area is 130 Å². The Morgan fingerprint density at radius 2 is 1.52 bits per heavy atom. The van der Waals surface area contributed by atoms with Crippen LogP contribution in [0.2, 0.25) is 0 Å². The van der Waals surface area contributed by atoms with Gasteiger partial charge in [-0.25, -0.2) is 0 Å². The molecule has 11 nitrogen and oxygen atoms in total. The summed E-state index contributed by atoms with van der Waals surface area (Å²) in [5.74, 6) is -2.34. The smallest absolute Gasteiger partial charge is 0.219 e. The number of hydrogen-bond acceptors (Lipinski definition) is 11. The Hall–Kier alpha value is -0.440. The second kappa shape index (κ2) is 7.21. The quantitative estimate of drug-likeness (QED) is 0.238. The van der Waals surface area contributed by atoms with Gasteiger partial charge in [0.25, 0.3) is 0 Å². The van der Waals surface area contributed by atoms with Crippen molar-refractivity contribution in [2.75, 3.05) is 19.8 Å². The summed E-state index contributed by atoms with van der Waals surface area (Å²) in [6.45, 7) is -2.05. The Bertz CT molecular complexity index is 393. The van der Waals surface area contributed by atoms with Crippen LogP contribution in [0.3, 0.4) is 0 Å². The van der Waals surface area contributed by atoms with Crippen molar-refractivity contribution in [3.8, 4) is 0 Å². The lowest BCUT2D eigenvalue weighted by atomic mass is 9.99. The second-order valence-electron chi connectivity index (χ2n) is 5.63. The molecule has 8 N–H and O–H groups in total. The van der Waals surface area contributed by atoms with Crippen LogP contribution in [0.15, 0.2) is 0 Å². The van der Waals surface area contributed by atoms with Gasteiger partial charge in [-0.1, -0.05) is 0 Å². The fourth-order valence-electron chi connectivity index (χ4n) is 2.53. The van der Waals surface area contributed by atoms with Crippen LogP contribution in [-0.4, -0.2) is 115 Å². The molecule has 23 heavy (non-hydrogen) atoms. The Morgan fingerprint density at radius 3 is 2.04 bits per heavy atom. The molecule has 0 aromatic carbocycles. The summed E-state index contributed by atoms with van der Waals surface area (Å²) in [4.78, 5) is 0. The lowest BCUT2D eigenvalue weighted by Gasteiger charge is -2.39. The number of hydrogen-bond donors (Lipinski definition) is 8. The normalized spacial score (nSPS) is 51.1. The topological polar surface area (TPSA) is 190 Å². The van der Waals surface area contributed by atoms with Crippen molar-refractivity contribution < 1.29 is 55.1 Å². The predicted octanol–water partition coefficient (Wildman–Crippen LogP) is -5.40. The van der Waals surface area contributed by atoms with Gasteiger partial charge in [-0.15, -0.1) is 0 Å². The maximum atomic E-state index is 9.78. The minimum absolute atomic E-state index is 0.469. The lowest BCUT2D eigenvalue weighted by molar-refractivity contribution is -0.310. The van der Waals surface area contributed by atoms with Gasteiger partial charge in [0, 0.05) is 0 Å². The van der Waals surface area contributed by atoms with Gasteiger partial charge in [0.15, 0.2) is 6.29 Å². The summed E-state index contributed by atoms with van der Waals surface area (Å²) in [6.07, 6.45) is -12.0. The molecule has 0 bridgehead atoms. The molecule has 0 spiro atoms. The molecule has 9 atom stereocenters. The van der Waals surface area contributed by atoms with E-state index in [4.69, 9.17) is 24.4 Å². The first kappa shape index (κ1) is 18.9. The van der Waals surface area contributed by atoms with Crippen molar-refractivity contribution >= 4 is 0 Å². The van der Waals surface area contributed by atoms with Gasteiger partial charge in [0.05, 0.1) is 19.8 Å². The molecule has 2 aliphatic rings. The van der Waals surface area contributed by atoms with Crippen LogP contribution in [0, 0.1) is 0 Å². The van der Waals surface area contributed by atoms with E-state index in [-0.39, 0.29) is 0 Å². The SMILES string of the molecule is OCC1OC(OCC2OC(O)(CO)C(O)C2O)C(O)C(O)C1O. The van der Waals surface area contributed by atoms with Crippen LogP contribution in [0.4, 0.5) is 0 Å². The van der Waals surface area contributed by atoms with Gasteiger partial charge >= 0.3 is 0 Å². The molecule has 0 aliphatic carbocycles. The van der Waals surface area contributed by atoms with E-state index in [9.17, 15) is 30.6 Å². The molecule has 2 aliphatic heterocycles. The minimum atomic E-state index is -2.34. The standard InChI is InChI=1S/C12H22O11/c13-1-4-6(15)8(17)9(18)11(22-4)21-2-5-7(16)10(19)12(20,3-14)23-5/h4-11,13-20H,1-3H2. The van der Waals surface area contributed by atoms with Crippen LogP contribution >= 0.6 is 0 Å². The fourth-order valence-corrected chi connectivity index (χ4v) is 2.53. The van der Waals surface area contributed by atoms with Gasteiger partial charge in [-0.3, -0.25) is 0 Å². The van der Waals surface area contributed by atoms with Gasteiger partial charge in [0.2, 0.25) is 5.79 Å². The van der Waals surface area contributed by atoms with E-state index in [1.807, 2.05) is 0 Å². The monoisotopic (exact) mass is 342 g/mol. The largest absolute Gasteiger partial charge is 0.394 e. The first-order valence-electron chi connectivity index (χ1n) is 7.04. The molecule has 0 aromatic rings. The summed E-state index contributed by atoms with van der Waals surface area (Å²) in [7, 11) is 0. The van der Waals surface area contributed by atoms with E-state index in [0.717, 1.165) is 0 Å². The van der Waals surface area contributed by atoms with E-state index < -0.39 is 74.6 Å². The van der Waals surface area contributed by atoms with E-state index in [1.165, 1.54) is 0 Å². The van der Waals surface area contributed by atoms with Gasteiger partial charge in [0.1, 0.15) is 42.7 Å². The van der Waals surface area contributed by atoms with Crippen molar-refractivity contribution in [2.24, 2.45) is 0 Å². The summed E-state index contributed by atoms with van der Waals surface area (Å²) in [6, 6.07) is 0. The minimum Gasteiger partial charge on any atom is -0.394 e. The maximum Gasteiger partial charge on any atom is 0.219 e. The zero-order valence-electron chi connectivity index (χ0n) is 12.0. The maximum absolute atomic E-state index is 9.78. The van der Waals surface area contributed by atoms with Gasteiger partial charge < -0.3 is 55.1 Å². The highest BCUT2D eigenvalue weighted by molar-refractivity contribution is 4.95. The molecular weight excluding hydrogens is 320 g/mol. The zero-order chi connectivity index (χ0) is 17.4.